The minimum absolute atomic E-state index is 0.0772. The van der Waals surface area contributed by atoms with Crippen LogP contribution in [0.5, 0.6) is 5.75 Å². The average molecular weight is 283 g/mol. The van der Waals surface area contributed by atoms with E-state index in [2.05, 4.69) is 10.3 Å². The lowest BCUT2D eigenvalue weighted by atomic mass is 10.1. The third kappa shape index (κ3) is 2.68. The van der Waals surface area contributed by atoms with E-state index < -0.39 is 0 Å². The Balaban J connectivity index is 2.05. The quantitative estimate of drug-likeness (QED) is 0.688. The fourth-order valence-corrected chi connectivity index (χ4v) is 2.43. The van der Waals surface area contributed by atoms with Gasteiger partial charge in [-0.25, -0.2) is 0 Å². The topological polar surface area (TPSA) is 80.1 Å². The van der Waals surface area contributed by atoms with Crippen molar-refractivity contribution >= 4 is 33.4 Å². The zero-order valence-corrected chi connectivity index (χ0v) is 11.8. The van der Waals surface area contributed by atoms with Crippen LogP contribution in [-0.4, -0.2) is 24.0 Å². The van der Waals surface area contributed by atoms with E-state index in [0.717, 1.165) is 33.2 Å². The molecule has 1 heterocycles. The Morgan fingerprint density at radius 2 is 2.05 bits per heavy atom. The van der Waals surface area contributed by atoms with Crippen LogP contribution < -0.4 is 15.8 Å². The second kappa shape index (κ2) is 5.46. The lowest BCUT2D eigenvalue weighted by Crippen LogP contribution is -2.10. The Bertz CT molecular complexity index is 808. The predicted molar refractivity (Wildman–Crippen MR) is 84.7 cm³/mol. The van der Waals surface area contributed by atoms with Crippen molar-refractivity contribution in [2.24, 2.45) is 5.73 Å². The zero-order chi connectivity index (χ0) is 14.8. The molecule has 0 fully saturated rings. The van der Waals surface area contributed by atoms with Crippen LogP contribution in [0, 0.1) is 0 Å². The van der Waals surface area contributed by atoms with Crippen LogP contribution in [-0.2, 0) is 4.79 Å². The number of H-pyrrole nitrogens is 1. The molecule has 5 heteroatoms. The molecule has 3 rings (SSSR count). The standard InChI is InChI=1S/C16H17N3O2/c1-10(20)18-11-2-5-15-14(8-11)13-4-3-12(21-7-6-17)9-16(13)19-15/h2-5,8-9,19H,6-7,17H2,1H3,(H,18,20). The van der Waals surface area contributed by atoms with Crippen molar-refractivity contribution in [3.8, 4) is 5.75 Å². The summed E-state index contributed by atoms with van der Waals surface area (Å²) in [6, 6.07) is 11.7. The van der Waals surface area contributed by atoms with Gasteiger partial charge in [0.25, 0.3) is 0 Å². The fourth-order valence-electron chi connectivity index (χ4n) is 2.43. The molecular formula is C16H17N3O2. The summed E-state index contributed by atoms with van der Waals surface area (Å²) in [6.07, 6.45) is 0. The number of amides is 1. The Hall–Kier alpha value is -2.53. The molecule has 0 unspecified atom stereocenters. The van der Waals surface area contributed by atoms with Crippen molar-refractivity contribution in [3.05, 3.63) is 36.4 Å². The van der Waals surface area contributed by atoms with Gasteiger partial charge in [0.05, 0.1) is 5.52 Å². The summed E-state index contributed by atoms with van der Waals surface area (Å²) in [5.74, 6) is 0.716. The van der Waals surface area contributed by atoms with Gasteiger partial charge in [-0.3, -0.25) is 4.79 Å². The van der Waals surface area contributed by atoms with Gasteiger partial charge in [-0.15, -0.1) is 0 Å². The molecule has 0 bridgehead atoms. The van der Waals surface area contributed by atoms with Crippen LogP contribution in [0.15, 0.2) is 36.4 Å². The molecule has 0 spiro atoms. The molecule has 0 saturated heterocycles. The number of nitrogens with two attached hydrogens (primary N) is 1. The molecule has 21 heavy (non-hydrogen) atoms. The number of fused-ring (bicyclic) bond motifs is 3. The second-order valence-corrected chi connectivity index (χ2v) is 4.91. The van der Waals surface area contributed by atoms with Gasteiger partial charge in [0, 0.05) is 41.5 Å². The van der Waals surface area contributed by atoms with Crippen molar-refractivity contribution in [2.75, 3.05) is 18.5 Å². The summed E-state index contributed by atoms with van der Waals surface area (Å²) in [5, 5.41) is 4.96. The van der Waals surface area contributed by atoms with Gasteiger partial charge in [-0.1, -0.05) is 0 Å². The van der Waals surface area contributed by atoms with E-state index in [1.54, 1.807) is 0 Å². The van der Waals surface area contributed by atoms with Crippen molar-refractivity contribution < 1.29 is 9.53 Å². The van der Waals surface area contributed by atoms with Gasteiger partial charge >= 0.3 is 0 Å². The van der Waals surface area contributed by atoms with Gasteiger partial charge in [0.15, 0.2) is 0 Å². The Labute approximate surface area is 122 Å². The number of nitrogens with one attached hydrogen (secondary N) is 2. The Kier molecular flexibility index (Phi) is 3.50. The van der Waals surface area contributed by atoms with Crippen LogP contribution in [0.4, 0.5) is 5.69 Å². The highest BCUT2D eigenvalue weighted by atomic mass is 16.5. The monoisotopic (exact) mass is 283 g/mol. The largest absolute Gasteiger partial charge is 0.492 e. The summed E-state index contributed by atoms with van der Waals surface area (Å²) < 4.78 is 5.53. The SMILES string of the molecule is CC(=O)Nc1ccc2[nH]c3cc(OCCN)ccc3c2c1. The molecule has 2 aromatic carbocycles. The number of anilines is 1. The molecule has 4 N–H and O–H groups in total. The Morgan fingerprint density at radius 3 is 2.81 bits per heavy atom. The smallest absolute Gasteiger partial charge is 0.221 e. The number of aromatic nitrogens is 1. The highest BCUT2D eigenvalue weighted by Gasteiger charge is 2.07. The molecule has 1 amide bonds. The van der Waals surface area contributed by atoms with Crippen LogP contribution in [0.3, 0.4) is 0 Å². The minimum atomic E-state index is -0.0772. The molecule has 3 aromatic rings. The number of aromatic amines is 1. The zero-order valence-electron chi connectivity index (χ0n) is 11.8. The lowest BCUT2D eigenvalue weighted by Gasteiger charge is -2.04. The van der Waals surface area contributed by atoms with E-state index in [4.69, 9.17) is 10.5 Å². The van der Waals surface area contributed by atoms with Crippen LogP contribution >= 0.6 is 0 Å². The van der Waals surface area contributed by atoms with E-state index in [-0.39, 0.29) is 5.91 Å². The third-order valence-electron chi connectivity index (χ3n) is 3.28. The average Bonchev–Trinajstić information content (AvgIpc) is 2.81. The summed E-state index contributed by atoms with van der Waals surface area (Å²) >= 11 is 0. The molecule has 0 atom stereocenters. The highest BCUT2D eigenvalue weighted by Crippen LogP contribution is 2.30. The number of ether oxygens (including phenoxy) is 1. The van der Waals surface area contributed by atoms with E-state index in [9.17, 15) is 4.79 Å². The van der Waals surface area contributed by atoms with Crippen LogP contribution in [0.1, 0.15) is 6.92 Å². The number of hydrogen-bond acceptors (Lipinski definition) is 3. The third-order valence-corrected chi connectivity index (χ3v) is 3.28. The maximum absolute atomic E-state index is 11.2. The predicted octanol–water partition coefficient (Wildman–Crippen LogP) is 2.62. The first-order chi connectivity index (χ1) is 10.2. The van der Waals surface area contributed by atoms with Crippen LogP contribution in [0.25, 0.3) is 21.8 Å². The van der Waals surface area contributed by atoms with E-state index in [1.807, 2.05) is 36.4 Å². The maximum Gasteiger partial charge on any atom is 0.221 e. The number of benzene rings is 2. The fraction of sp³-hybridized carbons (Fsp3) is 0.188. The Morgan fingerprint density at radius 1 is 1.19 bits per heavy atom. The van der Waals surface area contributed by atoms with Gasteiger partial charge < -0.3 is 20.8 Å². The number of hydrogen-bond donors (Lipinski definition) is 3. The van der Waals surface area contributed by atoms with Crippen molar-refractivity contribution in [3.63, 3.8) is 0 Å². The van der Waals surface area contributed by atoms with E-state index in [0.29, 0.717) is 13.2 Å². The normalized spacial score (nSPS) is 11.0. The second-order valence-electron chi connectivity index (χ2n) is 4.91. The summed E-state index contributed by atoms with van der Waals surface area (Å²) in [5.41, 5.74) is 8.25. The van der Waals surface area contributed by atoms with Crippen LogP contribution in [0.2, 0.25) is 0 Å². The molecule has 0 saturated carbocycles. The van der Waals surface area contributed by atoms with E-state index in [1.165, 1.54) is 6.92 Å². The van der Waals surface area contributed by atoms with Gasteiger partial charge in [0.1, 0.15) is 12.4 Å². The minimum Gasteiger partial charge on any atom is -0.492 e. The number of carbonyl (C=O) groups is 1. The molecule has 1 aromatic heterocycles. The van der Waals surface area contributed by atoms with Crippen molar-refractivity contribution in [2.45, 2.75) is 6.92 Å². The maximum atomic E-state index is 11.2. The molecule has 0 aliphatic rings. The first-order valence-corrected chi connectivity index (χ1v) is 6.83. The lowest BCUT2D eigenvalue weighted by molar-refractivity contribution is -0.114. The number of carbonyl (C=O) groups excluding carboxylic acids is 1. The van der Waals surface area contributed by atoms with Gasteiger partial charge in [0.2, 0.25) is 5.91 Å². The highest BCUT2D eigenvalue weighted by molar-refractivity contribution is 6.09. The van der Waals surface area contributed by atoms with Gasteiger partial charge in [-0.2, -0.15) is 0 Å². The van der Waals surface area contributed by atoms with Gasteiger partial charge in [-0.05, 0) is 30.3 Å². The summed E-state index contributed by atoms with van der Waals surface area (Å²) in [4.78, 5) is 14.5. The first kappa shape index (κ1) is 13.5. The molecule has 0 aliphatic heterocycles. The molecule has 0 radical (unpaired) electrons. The molecule has 108 valence electrons. The first-order valence-electron chi connectivity index (χ1n) is 6.83. The van der Waals surface area contributed by atoms with E-state index >= 15 is 0 Å². The molecule has 0 aliphatic carbocycles. The number of rotatable bonds is 4. The van der Waals surface area contributed by atoms with Crippen molar-refractivity contribution in [1.82, 2.24) is 4.98 Å². The van der Waals surface area contributed by atoms with Crippen molar-refractivity contribution in [1.29, 1.82) is 0 Å². The molecule has 5 nitrogen and oxygen atoms in total. The summed E-state index contributed by atoms with van der Waals surface area (Å²) in [7, 11) is 0. The summed E-state index contributed by atoms with van der Waals surface area (Å²) in [6.45, 7) is 2.49. The molecular weight excluding hydrogens is 266 g/mol.